The molecule has 1 aromatic carbocycles. The summed E-state index contributed by atoms with van der Waals surface area (Å²) >= 11 is 11.9. The third kappa shape index (κ3) is 4.87. The Morgan fingerprint density at radius 3 is 2.60 bits per heavy atom. The number of benzene rings is 1. The second-order valence-corrected chi connectivity index (χ2v) is 4.79. The summed E-state index contributed by atoms with van der Waals surface area (Å²) in [4.78, 5) is 0. The Balaban J connectivity index is 2.37. The summed E-state index contributed by atoms with van der Waals surface area (Å²) in [5.74, 6) is 0. The van der Waals surface area contributed by atoms with Gasteiger partial charge in [-0.2, -0.15) is 0 Å². The van der Waals surface area contributed by atoms with Gasteiger partial charge in [0.1, 0.15) is 0 Å². The molecule has 0 radical (unpaired) electrons. The molecule has 1 rings (SSSR count). The highest BCUT2D eigenvalue weighted by molar-refractivity contribution is 6.35. The van der Waals surface area contributed by atoms with Crippen LogP contribution in [0.15, 0.2) is 18.2 Å². The maximum atomic E-state index is 6.07. The molecule has 1 nitrogen and oxygen atoms in total. The lowest BCUT2D eigenvalue weighted by Crippen LogP contribution is -2.23. The molecule has 1 N–H and O–H groups in total. The molecule has 0 aromatic heterocycles. The summed E-state index contributed by atoms with van der Waals surface area (Å²) in [5.41, 5.74) is 1.17. The Kier molecular flexibility index (Phi) is 5.44. The fourth-order valence-electron chi connectivity index (χ4n) is 1.39. The minimum atomic E-state index is 0.547. The Hall–Kier alpha value is -0.240. The largest absolute Gasteiger partial charge is 0.315 e. The van der Waals surface area contributed by atoms with Gasteiger partial charge in [0.2, 0.25) is 0 Å². The highest BCUT2D eigenvalue weighted by atomic mass is 35.5. The van der Waals surface area contributed by atoms with E-state index in [4.69, 9.17) is 23.2 Å². The van der Waals surface area contributed by atoms with Gasteiger partial charge in [-0.15, -0.1) is 0 Å². The van der Waals surface area contributed by atoms with Crippen LogP contribution in [-0.4, -0.2) is 12.6 Å². The fraction of sp³-hybridized carbons (Fsp3) is 0.500. The van der Waals surface area contributed by atoms with E-state index in [9.17, 15) is 0 Å². The quantitative estimate of drug-likeness (QED) is 0.776. The van der Waals surface area contributed by atoms with E-state index in [2.05, 4.69) is 19.2 Å². The van der Waals surface area contributed by atoms with Crippen LogP contribution in [0, 0.1) is 0 Å². The van der Waals surface area contributed by atoms with E-state index in [1.807, 2.05) is 12.1 Å². The number of nitrogens with one attached hydrogen (secondary N) is 1. The lowest BCUT2D eigenvalue weighted by atomic mass is 10.1. The lowest BCUT2D eigenvalue weighted by Gasteiger charge is -2.08. The van der Waals surface area contributed by atoms with Crippen LogP contribution in [0.3, 0.4) is 0 Å². The van der Waals surface area contributed by atoms with Crippen LogP contribution in [-0.2, 0) is 6.42 Å². The van der Waals surface area contributed by atoms with Crippen LogP contribution in [0.1, 0.15) is 25.8 Å². The highest BCUT2D eigenvalue weighted by Gasteiger charge is 2.01. The van der Waals surface area contributed by atoms with Gasteiger partial charge in [-0.25, -0.2) is 0 Å². The molecule has 0 saturated carbocycles. The number of halogens is 2. The van der Waals surface area contributed by atoms with Gasteiger partial charge in [0.05, 0.1) is 0 Å². The van der Waals surface area contributed by atoms with Crippen molar-refractivity contribution in [2.75, 3.05) is 6.54 Å². The van der Waals surface area contributed by atoms with Crippen molar-refractivity contribution < 1.29 is 0 Å². The summed E-state index contributed by atoms with van der Waals surface area (Å²) in [6.45, 7) is 5.32. The molecule has 0 spiro atoms. The fourth-order valence-corrected chi connectivity index (χ4v) is 1.90. The molecule has 0 atom stereocenters. The van der Waals surface area contributed by atoms with E-state index in [1.165, 1.54) is 5.56 Å². The van der Waals surface area contributed by atoms with Crippen molar-refractivity contribution in [2.24, 2.45) is 0 Å². The van der Waals surface area contributed by atoms with Crippen LogP contribution in [0.4, 0.5) is 0 Å². The van der Waals surface area contributed by atoms with Crippen molar-refractivity contribution in [3.8, 4) is 0 Å². The zero-order valence-corrected chi connectivity index (χ0v) is 10.7. The van der Waals surface area contributed by atoms with Gasteiger partial charge in [0.15, 0.2) is 0 Å². The summed E-state index contributed by atoms with van der Waals surface area (Å²) in [6.07, 6.45) is 2.09. The Morgan fingerprint density at radius 2 is 2.00 bits per heavy atom. The monoisotopic (exact) mass is 245 g/mol. The van der Waals surface area contributed by atoms with Crippen LogP contribution < -0.4 is 5.32 Å². The zero-order valence-electron chi connectivity index (χ0n) is 9.19. The molecule has 0 saturated heterocycles. The molecule has 0 bridgehead atoms. The molecule has 3 heteroatoms. The second-order valence-electron chi connectivity index (χ2n) is 3.95. The van der Waals surface area contributed by atoms with Gasteiger partial charge in [0, 0.05) is 16.1 Å². The van der Waals surface area contributed by atoms with E-state index in [0.717, 1.165) is 24.4 Å². The first-order valence-electron chi connectivity index (χ1n) is 5.27. The van der Waals surface area contributed by atoms with Crippen molar-refractivity contribution in [3.63, 3.8) is 0 Å². The van der Waals surface area contributed by atoms with Gasteiger partial charge in [-0.1, -0.05) is 43.1 Å². The Morgan fingerprint density at radius 1 is 1.27 bits per heavy atom. The molecule has 0 fully saturated rings. The predicted octanol–water partition coefficient (Wildman–Crippen LogP) is 3.92. The van der Waals surface area contributed by atoms with E-state index < -0.39 is 0 Å². The second kappa shape index (κ2) is 6.37. The number of hydrogen-bond acceptors (Lipinski definition) is 1. The van der Waals surface area contributed by atoms with E-state index in [0.29, 0.717) is 11.1 Å². The Bertz CT molecular complexity index is 310. The van der Waals surface area contributed by atoms with Crippen LogP contribution in [0.25, 0.3) is 0 Å². The van der Waals surface area contributed by atoms with Gasteiger partial charge in [-0.3, -0.25) is 0 Å². The van der Waals surface area contributed by atoms with Crippen LogP contribution >= 0.6 is 23.2 Å². The molecule has 0 heterocycles. The third-order valence-electron chi connectivity index (χ3n) is 2.19. The molecule has 0 unspecified atom stereocenters. The van der Waals surface area contributed by atoms with Crippen LogP contribution in [0.5, 0.6) is 0 Å². The summed E-state index contributed by atoms with van der Waals surface area (Å²) in [5, 5.41) is 4.85. The van der Waals surface area contributed by atoms with Gasteiger partial charge in [-0.05, 0) is 37.1 Å². The SMILES string of the molecule is CC(C)NCCCc1ccc(Cl)cc1Cl. The lowest BCUT2D eigenvalue weighted by molar-refractivity contribution is 0.570. The van der Waals surface area contributed by atoms with E-state index >= 15 is 0 Å². The van der Waals surface area contributed by atoms with Gasteiger partial charge >= 0.3 is 0 Å². The molecular weight excluding hydrogens is 229 g/mol. The maximum Gasteiger partial charge on any atom is 0.0452 e. The van der Waals surface area contributed by atoms with Crippen molar-refractivity contribution in [1.82, 2.24) is 5.32 Å². The minimum Gasteiger partial charge on any atom is -0.315 e. The number of hydrogen-bond donors (Lipinski definition) is 1. The number of aryl methyl sites for hydroxylation is 1. The van der Waals surface area contributed by atoms with Crippen LogP contribution in [0.2, 0.25) is 10.0 Å². The zero-order chi connectivity index (χ0) is 11.3. The minimum absolute atomic E-state index is 0.547. The van der Waals surface area contributed by atoms with Crippen molar-refractivity contribution in [3.05, 3.63) is 33.8 Å². The average molecular weight is 246 g/mol. The van der Waals surface area contributed by atoms with Crippen molar-refractivity contribution in [1.29, 1.82) is 0 Å². The molecule has 0 amide bonds. The van der Waals surface area contributed by atoms with E-state index in [-0.39, 0.29) is 0 Å². The Labute approximate surface area is 102 Å². The van der Waals surface area contributed by atoms with Gasteiger partial charge in [0.25, 0.3) is 0 Å². The third-order valence-corrected chi connectivity index (χ3v) is 2.78. The molecule has 0 aliphatic carbocycles. The number of rotatable bonds is 5. The molecule has 0 aliphatic heterocycles. The molecule has 15 heavy (non-hydrogen) atoms. The van der Waals surface area contributed by atoms with Gasteiger partial charge < -0.3 is 5.32 Å². The summed E-state index contributed by atoms with van der Waals surface area (Å²) < 4.78 is 0. The first kappa shape index (κ1) is 12.8. The smallest absolute Gasteiger partial charge is 0.0452 e. The normalized spacial score (nSPS) is 11.0. The molecule has 1 aromatic rings. The maximum absolute atomic E-state index is 6.07. The first-order chi connectivity index (χ1) is 7.09. The van der Waals surface area contributed by atoms with Crippen molar-refractivity contribution in [2.45, 2.75) is 32.7 Å². The van der Waals surface area contributed by atoms with E-state index in [1.54, 1.807) is 6.07 Å². The summed E-state index contributed by atoms with van der Waals surface area (Å²) in [7, 11) is 0. The highest BCUT2D eigenvalue weighted by Crippen LogP contribution is 2.21. The topological polar surface area (TPSA) is 12.0 Å². The molecule has 84 valence electrons. The first-order valence-corrected chi connectivity index (χ1v) is 6.02. The average Bonchev–Trinajstić information content (AvgIpc) is 2.14. The summed E-state index contributed by atoms with van der Waals surface area (Å²) in [6, 6.07) is 6.23. The van der Waals surface area contributed by atoms with Crippen molar-refractivity contribution >= 4 is 23.2 Å². The predicted molar refractivity (Wildman–Crippen MR) is 67.9 cm³/mol. The standard InChI is InChI=1S/C12H17Cl2N/c1-9(2)15-7-3-4-10-5-6-11(13)8-12(10)14/h5-6,8-9,15H,3-4,7H2,1-2H3. The molecule has 0 aliphatic rings. The molecular formula is C12H17Cl2N.